The summed E-state index contributed by atoms with van der Waals surface area (Å²) in [6.45, 7) is 2.33. The third-order valence-corrected chi connectivity index (χ3v) is 2.20. The minimum atomic E-state index is -0.315. The van der Waals surface area contributed by atoms with Crippen molar-refractivity contribution in [2.24, 2.45) is 0 Å². The van der Waals surface area contributed by atoms with Crippen molar-refractivity contribution in [3.05, 3.63) is 35.9 Å². The maximum absolute atomic E-state index is 11.5. The van der Waals surface area contributed by atoms with Crippen molar-refractivity contribution in [3.8, 4) is 0 Å². The van der Waals surface area contributed by atoms with Gasteiger partial charge in [-0.2, -0.15) is 0 Å². The maximum Gasteiger partial charge on any atom is 0.338 e. The summed E-state index contributed by atoms with van der Waals surface area (Å²) in [5.74, 6) is -0.315. The second kappa shape index (κ2) is 6.77. The number of hydrogen-bond acceptors (Lipinski definition) is 3. The van der Waals surface area contributed by atoms with Crippen LogP contribution in [-0.4, -0.2) is 18.3 Å². The highest BCUT2D eigenvalue weighted by atomic mass is 16.5. The smallest absolute Gasteiger partial charge is 0.338 e. The number of nitrogens with one attached hydrogen (secondary N) is 1. The molecule has 0 amide bonds. The number of carbonyl (C=O) groups excluding carboxylic acids is 1. The van der Waals surface area contributed by atoms with Crippen LogP contribution in [0.5, 0.6) is 0 Å². The second-order valence-electron chi connectivity index (χ2n) is 3.61. The lowest BCUT2D eigenvalue weighted by atomic mass is 10.2. The third kappa shape index (κ3) is 4.26. The fourth-order valence-corrected chi connectivity index (χ4v) is 1.35. The van der Waals surface area contributed by atoms with Gasteiger partial charge in [0.1, 0.15) is 0 Å². The van der Waals surface area contributed by atoms with Gasteiger partial charge in [0.25, 0.3) is 0 Å². The quantitative estimate of drug-likeness (QED) is 0.590. The van der Waals surface area contributed by atoms with Gasteiger partial charge >= 0.3 is 5.97 Å². The van der Waals surface area contributed by atoms with Crippen LogP contribution >= 0.6 is 0 Å². The fourth-order valence-electron chi connectivity index (χ4n) is 1.35. The van der Waals surface area contributed by atoms with Crippen LogP contribution in [0.3, 0.4) is 0 Å². The van der Waals surface area contributed by atoms with Crippen LogP contribution in [0.2, 0.25) is 0 Å². The predicted octanol–water partition coefficient (Wildman–Crippen LogP) is 3.05. The summed E-state index contributed by atoms with van der Waals surface area (Å²) < 4.78 is 5.07. The Kier molecular flexibility index (Phi) is 5.26. The van der Waals surface area contributed by atoms with Crippen molar-refractivity contribution < 1.29 is 9.53 Å². The number of benzene rings is 1. The number of esters is 1. The topological polar surface area (TPSA) is 50.1 Å². The standard InChI is InChI=1S/C13H17NO2/c1-2-6-12(14)9-10-16-13(15)11-7-4-3-5-8-11/h3-5,7-8,14H,2,6,9-10H2,1H3. The van der Waals surface area contributed by atoms with Crippen molar-refractivity contribution in [1.82, 2.24) is 0 Å². The zero-order chi connectivity index (χ0) is 11.8. The molecule has 0 saturated heterocycles. The molecule has 0 spiro atoms. The van der Waals surface area contributed by atoms with Crippen LogP contribution in [0.15, 0.2) is 30.3 Å². The molecule has 0 aliphatic carbocycles. The van der Waals surface area contributed by atoms with Crippen molar-refractivity contribution in [2.45, 2.75) is 26.2 Å². The Balaban J connectivity index is 2.29. The van der Waals surface area contributed by atoms with E-state index in [2.05, 4.69) is 0 Å². The Morgan fingerprint density at radius 1 is 1.25 bits per heavy atom. The monoisotopic (exact) mass is 219 g/mol. The fraction of sp³-hybridized carbons (Fsp3) is 0.385. The highest BCUT2D eigenvalue weighted by molar-refractivity contribution is 5.89. The number of carbonyl (C=O) groups is 1. The first-order valence-corrected chi connectivity index (χ1v) is 5.52. The van der Waals surface area contributed by atoms with E-state index in [-0.39, 0.29) is 5.97 Å². The SMILES string of the molecule is CCCC(=N)CCOC(=O)c1ccccc1. The molecule has 3 nitrogen and oxygen atoms in total. The van der Waals surface area contributed by atoms with E-state index in [9.17, 15) is 4.79 Å². The molecule has 3 heteroatoms. The molecule has 0 heterocycles. The number of hydrogen-bond donors (Lipinski definition) is 1. The zero-order valence-corrected chi connectivity index (χ0v) is 9.53. The molecule has 0 aromatic heterocycles. The Morgan fingerprint density at radius 2 is 1.94 bits per heavy atom. The summed E-state index contributed by atoms with van der Waals surface area (Å²) in [7, 11) is 0. The number of ether oxygens (including phenoxy) is 1. The first-order chi connectivity index (χ1) is 7.74. The second-order valence-corrected chi connectivity index (χ2v) is 3.61. The van der Waals surface area contributed by atoms with Gasteiger partial charge < -0.3 is 10.1 Å². The first-order valence-electron chi connectivity index (χ1n) is 5.52. The average Bonchev–Trinajstić information content (AvgIpc) is 2.30. The highest BCUT2D eigenvalue weighted by Crippen LogP contribution is 2.02. The third-order valence-electron chi connectivity index (χ3n) is 2.20. The molecule has 0 bridgehead atoms. The summed E-state index contributed by atoms with van der Waals surface area (Å²) in [4.78, 5) is 11.5. The minimum Gasteiger partial charge on any atom is -0.462 e. The van der Waals surface area contributed by atoms with Crippen LogP contribution in [0.1, 0.15) is 36.5 Å². The Morgan fingerprint density at radius 3 is 2.56 bits per heavy atom. The summed E-state index contributed by atoms with van der Waals surface area (Å²) in [5.41, 5.74) is 1.20. The lowest BCUT2D eigenvalue weighted by Crippen LogP contribution is -2.09. The summed E-state index contributed by atoms with van der Waals surface area (Å²) >= 11 is 0. The summed E-state index contributed by atoms with van der Waals surface area (Å²) in [6, 6.07) is 8.90. The van der Waals surface area contributed by atoms with Gasteiger partial charge in [0.05, 0.1) is 12.2 Å². The molecule has 86 valence electrons. The van der Waals surface area contributed by atoms with Crippen LogP contribution in [0.4, 0.5) is 0 Å². The largest absolute Gasteiger partial charge is 0.462 e. The van der Waals surface area contributed by atoms with Gasteiger partial charge in [0.15, 0.2) is 0 Å². The molecule has 1 rings (SSSR count). The molecule has 16 heavy (non-hydrogen) atoms. The van der Waals surface area contributed by atoms with Crippen LogP contribution in [-0.2, 0) is 4.74 Å². The van der Waals surface area contributed by atoms with Crippen LogP contribution < -0.4 is 0 Å². The first kappa shape index (κ1) is 12.4. The van der Waals surface area contributed by atoms with Gasteiger partial charge in [-0.3, -0.25) is 0 Å². The van der Waals surface area contributed by atoms with E-state index in [1.807, 2.05) is 13.0 Å². The summed E-state index contributed by atoms with van der Waals surface area (Å²) in [6.07, 6.45) is 2.28. The van der Waals surface area contributed by atoms with Gasteiger partial charge in [-0.1, -0.05) is 31.5 Å². The van der Waals surface area contributed by atoms with Crippen molar-refractivity contribution >= 4 is 11.7 Å². The molecule has 0 fully saturated rings. The molecular weight excluding hydrogens is 202 g/mol. The van der Waals surface area contributed by atoms with E-state index in [0.717, 1.165) is 12.8 Å². The molecule has 0 saturated carbocycles. The van der Waals surface area contributed by atoms with Gasteiger partial charge in [-0.15, -0.1) is 0 Å². The normalized spacial score (nSPS) is 9.81. The average molecular weight is 219 g/mol. The van der Waals surface area contributed by atoms with Crippen molar-refractivity contribution in [2.75, 3.05) is 6.61 Å². The van der Waals surface area contributed by atoms with E-state index >= 15 is 0 Å². The van der Waals surface area contributed by atoms with E-state index in [1.54, 1.807) is 24.3 Å². The molecule has 0 aliphatic heterocycles. The Labute approximate surface area is 95.9 Å². The van der Waals surface area contributed by atoms with E-state index in [4.69, 9.17) is 10.1 Å². The lowest BCUT2D eigenvalue weighted by molar-refractivity contribution is 0.0515. The van der Waals surface area contributed by atoms with E-state index < -0.39 is 0 Å². The zero-order valence-electron chi connectivity index (χ0n) is 9.53. The molecule has 1 aromatic carbocycles. The van der Waals surface area contributed by atoms with E-state index in [1.165, 1.54) is 0 Å². The molecule has 0 atom stereocenters. The van der Waals surface area contributed by atoms with E-state index in [0.29, 0.717) is 24.3 Å². The molecule has 1 N–H and O–H groups in total. The molecule has 0 unspecified atom stereocenters. The summed E-state index contributed by atoms with van der Waals surface area (Å²) in [5, 5.41) is 7.55. The molecule has 1 aromatic rings. The van der Waals surface area contributed by atoms with Gasteiger partial charge in [-0.05, 0) is 18.6 Å². The molecular formula is C13H17NO2. The Hall–Kier alpha value is -1.64. The highest BCUT2D eigenvalue weighted by Gasteiger charge is 2.05. The van der Waals surface area contributed by atoms with Crippen LogP contribution in [0.25, 0.3) is 0 Å². The predicted molar refractivity (Wildman–Crippen MR) is 64.0 cm³/mol. The van der Waals surface area contributed by atoms with Crippen molar-refractivity contribution in [3.63, 3.8) is 0 Å². The molecule has 0 radical (unpaired) electrons. The Bertz CT molecular complexity index is 346. The van der Waals surface area contributed by atoms with Gasteiger partial charge in [0.2, 0.25) is 0 Å². The molecule has 0 aliphatic rings. The lowest BCUT2D eigenvalue weighted by Gasteiger charge is -2.05. The van der Waals surface area contributed by atoms with Gasteiger partial charge in [-0.25, -0.2) is 4.79 Å². The minimum absolute atomic E-state index is 0.298. The van der Waals surface area contributed by atoms with Crippen molar-refractivity contribution in [1.29, 1.82) is 5.41 Å². The number of rotatable bonds is 6. The van der Waals surface area contributed by atoms with Gasteiger partial charge in [0, 0.05) is 12.1 Å². The maximum atomic E-state index is 11.5. The van der Waals surface area contributed by atoms with Crippen LogP contribution in [0, 0.1) is 5.41 Å².